The van der Waals surface area contributed by atoms with Crippen molar-refractivity contribution in [3.05, 3.63) is 32.8 Å². The zero-order valence-electron chi connectivity index (χ0n) is 30.5. The molecule has 262 valence electrons. The largest absolute Gasteiger partial charge is 0.491 e. The molecule has 3 unspecified atom stereocenters. The van der Waals surface area contributed by atoms with Crippen LogP contribution in [0, 0.1) is 31.6 Å². The summed E-state index contributed by atoms with van der Waals surface area (Å²) in [5, 5.41) is 3.59. The SMILES string of the molecule is CCCCC(CC)COc1c2cc(C)sc2c(OCC(CC)CCC)c2cc(-c3sc(C)c4sc(C(=O)C(CC)CCCC)cc34)sc12. The average molecular weight is 725 g/mol. The first-order valence-electron chi connectivity index (χ1n) is 18.6. The molecule has 0 bridgehead atoms. The summed E-state index contributed by atoms with van der Waals surface area (Å²) in [5.41, 5.74) is 0. The van der Waals surface area contributed by atoms with Crippen LogP contribution in [-0.2, 0) is 0 Å². The van der Waals surface area contributed by atoms with E-state index in [4.69, 9.17) is 9.47 Å². The zero-order chi connectivity index (χ0) is 34.4. The van der Waals surface area contributed by atoms with Gasteiger partial charge in [0.25, 0.3) is 0 Å². The smallest absolute Gasteiger partial charge is 0.175 e. The van der Waals surface area contributed by atoms with Crippen molar-refractivity contribution in [1.82, 2.24) is 0 Å². The second-order valence-electron chi connectivity index (χ2n) is 13.7. The van der Waals surface area contributed by atoms with Crippen LogP contribution < -0.4 is 9.47 Å². The number of rotatable bonds is 20. The molecule has 48 heavy (non-hydrogen) atoms. The Hall–Kier alpha value is -1.93. The number of hydrogen-bond donors (Lipinski definition) is 0. The number of ether oxygens (including phenoxy) is 2. The molecule has 0 aliphatic heterocycles. The number of aryl methyl sites for hydroxylation is 2. The number of benzene rings is 1. The van der Waals surface area contributed by atoms with Gasteiger partial charge in [-0.2, -0.15) is 0 Å². The molecule has 0 N–H and O–H groups in total. The van der Waals surface area contributed by atoms with Crippen LogP contribution >= 0.6 is 45.3 Å². The number of Topliss-reactive ketones (excluding diaryl/α,β-unsaturated/α-hetero) is 1. The van der Waals surface area contributed by atoms with Gasteiger partial charge < -0.3 is 9.47 Å². The molecular formula is C41H56O3S4. The molecule has 3 atom stereocenters. The van der Waals surface area contributed by atoms with E-state index in [1.165, 1.54) is 81.9 Å². The minimum atomic E-state index is 0.115. The van der Waals surface area contributed by atoms with Crippen LogP contribution in [0.15, 0.2) is 18.2 Å². The molecule has 5 aromatic rings. The van der Waals surface area contributed by atoms with Gasteiger partial charge in [-0.05, 0) is 69.6 Å². The molecule has 0 radical (unpaired) electrons. The molecule has 4 aromatic heterocycles. The number of carbonyl (C=O) groups is 1. The Labute approximate surface area is 305 Å². The lowest BCUT2D eigenvalue weighted by Crippen LogP contribution is -2.12. The molecule has 0 aliphatic carbocycles. The molecule has 0 spiro atoms. The molecule has 0 aliphatic rings. The predicted octanol–water partition coefficient (Wildman–Crippen LogP) is 14.9. The number of hydrogen-bond acceptors (Lipinski definition) is 7. The van der Waals surface area contributed by atoms with Gasteiger partial charge in [-0.15, -0.1) is 45.3 Å². The van der Waals surface area contributed by atoms with Crippen molar-refractivity contribution >= 4 is 81.4 Å². The normalized spacial score (nSPS) is 13.9. The number of fused-ring (bicyclic) bond motifs is 3. The molecule has 0 amide bonds. The van der Waals surface area contributed by atoms with Gasteiger partial charge in [-0.1, -0.05) is 86.5 Å². The van der Waals surface area contributed by atoms with Gasteiger partial charge in [-0.25, -0.2) is 0 Å². The molecule has 7 heteroatoms. The number of thiophene rings is 4. The van der Waals surface area contributed by atoms with E-state index in [1.54, 1.807) is 11.3 Å². The number of carbonyl (C=O) groups excluding carboxylic acids is 1. The lowest BCUT2D eigenvalue weighted by atomic mass is 9.94. The molecule has 0 saturated heterocycles. The first kappa shape index (κ1) is 37.3. The van der Waals surface area contributed by atoms with E-state index in [-0.39, 0.29) is 5.92 Å². The average Bonchev–Trinajstić information content (AvgIpc) is 3.87. The lowest BCUT2D eigenvalue weighted by Gasteiger charge is -2.19. The van der Waals surface area contributed by atoms with Crippen molar-refractivity contribution in [3.8, 4) is 21.3 Å². The van der Waals surface area contributed by atoms with Crippen molar-refractivity contribution < 1.29 is 14.3 Å². The van der Waals surface area contributed by atoms with E-state index in [9.17, 15) is 4.79 Å². The minimum absolute atomic E-state index is 0.115. The Morgan fingerprint density at radius 3 is 1.90 bits per heavy atom. The fraction of sp³-hybridized carbons (Fsp3) is 0.585. The quantitative estimate of drug-likeness (QED) is 0.0750. The number of unbranched alkanes of at least 4 members (excludes halogenated alkanes) is 2. The Balaban J connectivity index is 1.63. The van der Waals surface area contributed by atoms with Crippen molar-refractivity contribution in [2.24, 2.45) is 17.8 Å². The zero-order valence-corrected chi connectivity index (χ0v) is 33.8. The highest BCUT2D eigenvalue weighted by atomic mass is 32.1. The fourth-order valence-corrected chi connectivity index (χ4v) is 11.6. The van der Waals surface area contributed by atoms with Crippen molar-refractivity contribution in [1.29, 1.82) is 0 Å². The van der Waals surface area contributed by atoms with Crippen LogP contribution in [0.4, 0.5) is 0 Å². The van der Waals surface area contributed by atoms with E-state index in [0.717, 1.165) is 68.1 Å². The summed E-state index contributed by atoms with van der Waals surface area (Å²) in [6, 6.07) is 6.88. The summed E-state index contributed by atoms with van der Waals surface area (Å²) < 4.78 is 17.4. The van der Waals surface area contributed by atoms with Crippen LogP contribution in [0.25, 0.3) is 40.0 Å². The van der Waals surface area contributed by atoms with Gasteiger partial charge in [-0.3, -0.25) is 4.79 Å². The van der Waals surface area contributed by atoms with E-state index in [0.29, 0.717) is 17.6 Å². The highest BCUT2D eigenvalue weighted by Crippen LogP contribution is 2.54. The van der Waals surface area contributed by atoms with E-state index in [1.807, 2.05) is 34.0 Å². The maximum Gasteiger partial charge on any atom is 0.175 e. The van der Waals surface area contributed by atoms with Gasteiger partial charge in [0, 0.05) is 41.4 Å². The summed E-state index contributed by atoms with van der Waals surface area (Å²) in [7, 11) is 0. The van der Waals surface area contributed by atoms with Crippen molar-refractivity contribution in [2.45, 2.75) is 126 Å². The van der Waals surface area contributed by atoms with Crippen LogP contribution in [0.1, 0.15) is 132 Å². The molecule has 0 saturated carbocycles. The maximum absolute atomic E-state index is 13.7. The standard InChI is InChI=1S/C41H56O3S4/c1-9-15-18-28(13-5)24-44-36-30-20-25(7)45-40(30)37(43-23-27(12-4)17-11-3)31-21-34(48-41(31)36)39-32-22-33(47-38(32)26(8)46-39)35(42)29(14-6)19-16-10-2/h20-22,27-29H,9-19,23-24H2,1-8H3. The van der Waals surface area contributed by atoms with E-state index < -0.39 is 0 Å². The Morgan fingerprint density at radius 2 is 1.27 bits per heavy atom. The Morgan fingerprint density at radius 1 is 0.646 bits per heavy atom. The third-order valence-electron chi connectivity index (χ3n) is 10.0. The molecular weight excluding hydrogens is 669 g/mol. The highest BCUT2D eigenvalue weighted by molar-refractivity contribution is 7.30. The Kier molecular flexibility index (Phi) is 13.5. The fourth-order valence-electron chi connectivity index (χ4n) is 6.89. The summed E-state index contributed by atoms with van der Waals surface area (Å²) in [5.74, 6) is 3.58. The summed E-state index contributed by atoms with van der Waals surface area (Å²) in [4.78, 5) is 19.7. The van der Waals surface area contributed by atoms with Gasteiger partial charge in [0.1, 0.15) is 11.5 Å². The van der Waals surface area contributed by atoms with Crippen LogP contribution in [-0.4, -0.2) is 19.0 Å². The van der Waals surface area contributed by atoms with Crippen LogP contribution in [0.3, 0.4) is 0 Å². The topological polar surface area (TPSA) is 35.5 Å². The maximum atomic E-state index is 13.7. The highest BCUT2D eigenvalue weighted by Gasteiger charge is 2.26. The van der Waals surface area contributed by atoms with Gasteiger partial charge in [0.15, 0.2) is 5.78 Å². The lowest BCUT2D eigenvalue weighted by molar-refractivity contribution is 0.0912. The van der Waals surface area contributed by atoms with Crippen LogP contribution in [0.5, 0.6) is 11.5 Å². The second-order valence-corrected chi connectivity index (χ2v) is 18.3. The second kappa shape index (κ2) is 17.3. The third kappa shape index (κ3) is 8.00. The summed E-state index contributed by atoms with van der Waals surface area (Å²) in [6.07, 6.45) is 12.4. The molecule has 5 rings (SSSR count). The summed E-state index contributed by atoms with van der Waals surface area (Å²) in [6.45, 7) is 19.4. The first-order chi connectivity index (χ1) is 23.3. The molecule has 4 heterocycles. The molecule has 3 nitrogen and oxygen atoms in total. The third-order valence-corrected chi connectivity index (χ3v) is 14.9. The predicted molar refractivity (Wildman–Crippen MR) is 216 cm³/mol. The minimum Gasteiger partial charge on any atom is -0.491 e. The van der Waals surface area contributed by atoms with E-state index >= 15 is 0 Å². The van der Waals surface area contributed by atoms with E-state index in [2.05, 4.69) is 73.6 Å². The van der Waals surface area contributed by atoms with Crippen molar-refractivity contribution in [2.75, 3.05) is 13.2 Å². The first-order valence-corrected chi connectivity index (χ1v) is 21.9. The molecule has 1 aromatic carbocycles. The summed E-state index contributed by atoms with van der Waals surface area (Å²) >= 11 is 7.23. The Bertz CT molecular complexity index is 1800. The van der Waals surface area contributed by atoms with Crippen LogP contribution in [0.2, 0.25) is 0 Å². The van der Waals surface area contributed by atoms with Gasteiger partial charge in [0.05, 0.1) is 32.4 Å². The van der Waals surface area contributed by atoms with Crippen molar-refractivity contribution in [3.63, 3.8) is 0 Å². The van der Waals surface area contributed by atoms with Gasteiger partial charge >= 0.3 is 0 Å². The monoisotopic (exact) mass is 724 g/mol. The molecule has 0 fully saturated rings. The number of ketones is 1. The van der Waals surface area contributed by atoms with Gasteiger partial charge in [0.2, 0.25) is 0 Å².